The number of para-hydroxylation sites is 1. The molecule has 0 atom stereocenters. The van der Waals surface area contributed by atoms with Crippen LogP contribution in [-0.2, 0) is 21.2 Å². The lowest BCUT2D eigenvalue weighted by atomic mass is 10.1. The Morgan fingerprint density at radius 2 is 2.04 bits per heavy atom. The van der Waals surface area contributed by atoms with Crippen LogP contribution in [-0.4, -0.2) is 49.5 Å². The molecule has 0 unspecified atom stereocenters. The fraction of sp³-hybridized carbons (Fsp3) is 0.438. The number of benzene rings is 1. The number of sulfonamides is 1. The highest BCUT2D eigenvalue weighted by atomic mass is 32.2. The van der Waals surface area contributed by atoms with Gasteiger partial charge in [-0.05, 0) is 24.5 Å². The number of rotatable bonds is 8. The number of amides is 1. The van der Waals surface area contributed by atoms with Crippen molar-refractivity contribution in [2.45, 2.75) is 19.8 Å². The van der Waals surface area contributed by atoms with Crippen molar-refractivity contribution >= 4 is 26.8 Å². The Kier molecular flexibility index (Phi) is 5.79. The van der Waals surface area contributed by atoms with Crippen LogP contribution in [0.5, 0.6) is 0 Å². The Morgan fingerprint density at radius 1 is 1.30 bits per heavy atom. The predicted molar refractivity (Wildman–Crippen MR) is 91.7 cm³/mol. The van der Waals surface area contributed by atoms with E-state index in [1.54, 1.807) is 0 Å². The Labute approximate surface area is 136 Å². The van der Waals surface area contributed by atoms with Crippen molar-refractivity contribution < 1.29 is 13.2 Å². The molecule has 6 nitrogen and oxygen atoms in total. The normalized spacial score (nSPS) is 12.0. The number of hydrogen-bond acceptors (Lipinski definition) is 3. The van der Waals surface area contributed by atoms with Gasteiger partial charge >= 0.3 is 0 Å². The minimum Gasteiger partial charge on any atom is -0.361 e. The van der Waals surface area contributed by atoms with Crippen LogP contribution in [0.25, 0.3) is 10.9 Å². The van der Waals surface area contributed by atoms with Crippen LogP contribution < -0.4 is 5.32 Å². The molecule has 1 amide bonds. The first-order chi connectivity index (χ1) is 10.9. The van der Waals surface area contributed by atoms with Crippen molar-refractivity contribution in [2.75, 3.05) is 25.9 Å². The molecule has 0 saturated carbocycles. The van der Waals surface area contributed by atoms with E-state index >= 15 is 0 Å². The Morgan fingerprint density at radius 3 is 2.74 bits per heavy atom. The van der Waals surface area contributed by atoms with Gasteiger partial charge in [-0.25, -0.2) is 8.42 Å². The lowest BCUT2D eigenvalue weighted by Crippen LogP contribution is -2.41. The van der Waals surface area contributed by atoms with E-state index in [1.165, 1.54) is 4.31 Å². The Bertz CT molecular complexity index is 768. The second-order valence-electron chi connectivity index (χ2n) is 5.56. The molecule has 0 fully saturated rings. The third-order valence-corrected chi connectivity index (χ3v) is 4.92. The summed E-state index contributed by atoms with van der Waals surface area (Å²) in [7, 11) is -3.43. The van der Waals surface area contributed by atoms with E-state index in [0.717, 1.165) is 29.1 Å². The second kappa shape index (κ2) is 7.61. The topological polar surface area (TPSA) is 82.3 Å². The Hall–Kier alpha value is -1.86. The summed E-state index contributed by atoms with van der Waals surface area (Å²) >= 11 is 0. The van der Waals surface area contributed by atoms with Crippen molar-refractivity contribution in [3.63, 3.8) is 0 Å². The van der Waals surface area contributed by atoms with E-state index in [-0.39, 0.29) is 19.0 Å². The molecule has 2 aromatic rings. The van der Waals surface area contributed by atoms with Crippen LogP contribution in [0.3, 0.4) is 0 Å². The number of hydrogen-bond donors (Lipinski definition) is 2. The molecule has 0 spiro atoms. The smallest absolute Gasteiger partial charge is 0.235 e. The maximum absolute atomic E-state index is 11.9. The van der Waals surface area contributed by atoms with Crippen molar-refractivity contribution in [3.8, 4) is 0 Å². The molecule has 126 valence electrons. The summed E-state index contributed by atoms with van der Waals surface area (Å²) < 4.78 is 25.0. The number of aromatic amines is 1. The maximum atomic E-state index is 11.9. The first-order valence-electron chi connectivity index (χ1n) is 7.68. The molecule has 7 heteroatoms. The van der Waals surface area contributed by atoms with E-state index in [1.807, 2.05) is 37.4 Å². The molecule has 1 aromatic heterocycles. The largest absolute Gasteiger partial charge is 0.361 e. The van der Waals surface area contributed by atoms with E-state index < -0.39 is 10.0 Å². The molecule has 0 aliphatic heterocycles. The summed E-state index contributed by atoms with van der Waals surface area (Å²) in [5.74, 6) is -0.267. The summed E-state index contributed by atoms with van der Waals surface area (Å²) in [5, 5.41) is 3.79. The zero-order valence-corrected chi connectivity index (χ0v) is 14.3. The summed E-state index contributed by atoms with van der Waals surface area (Å²) in [6.07, 6.45) is 4.40. The van der Waals surface area contributed by atoms with E-state index in [9.17, 15) is 13.2 Å². The number of carbonyl (C=O) groups excluding carboxylic acids is 1. The van der Waals surface area contributed by atoms with E-state index in [2.05, 4.69) is 10.3 Å². The average molecular weight is 337 g/mol. The number of aromatic nitrogens is 1. The van der Waals surface area contributed by atoms with Crippen molar-refractivity contribution in [3.05, 3.63) is 36.0 Å². The molecule has 0 radical (unpaired) electrons. The van der Waals surface area contributed by atoms with Crippen molar-refractivity contribution in [2.24, 2.45) is 0 Å². The van der Waals surface area contributed by atoms with Gasteiger partial charge in [0.25, 0.3) is 0 Å². The van der Waals surface area contributed by atoms with Gasteiger partial charge in [-0.15, -0.1) is 0 Å². The fourth-order valence-electron chi connectivity index (χ4n) is 2.43. The first-order valence-corrected chi connectivity index (χ1v) is 9.53. The van der Waals surface area contributed by atoms with Gasteiger partial charge in [-0.3, -0.25) is 4.79 Å². The molecule has 2 rings (SSSR count). The maximum Gasteiger partial charge on any atom is 0.235 e. The highest BCUT2D eigenvalue weighted by Gasteiger charge is 2.20. The SMILES string of the molecule is CCCNC(=O)CN(CCc1c[nH]c2ccccc12)S(C)(=O)=O. The minimum atomic E-state index is -3.43. The zero-order chi connectivity index (χ0) is 16.9. The lowest BCUT2D eigenvalue weighted by Gasteiger charge is -2.19. The molecule has 1 heterocycles. The summed E-state index contributed by atoms with van der Waals surface area (Å²) in [6.45, 7) is 2.64. The number of H-pyrrole nitrogens is 1. The third kappa shape index (κ3) is 4.80. The van der Waals surface area contributed by atoms with Gasteiger partial charge in [0.05, 0.1) is 12.8 Å². The highest BCUT2D eigenvalue weighted by molar-refractivity contribution is 7.88. The van der Waals surface area contributed by atoms with Crippen molar-refractivity contribution in [1.82, 2.24) is 14.6 Å². The highest BCUT2D eigenvalue weighted by Crippen LogP contribution is 2.18. The first kappa shape index (κ1) is 17.5. The Balaban J connectivity index is 2.05. The number of nitrogens with zero attached hydrogens (tertiary/aromatic N) is 1. The van der Waals surface area contributed by atoms with Crippen LogP contribution >= 0.6 is 0 Å². The van der Waals surface area contributed by atoms with Crippen LogP contribution in [0.4, 0.5) is 0 Å². The molecule has 23 heavy (non-hydrogen) atoms. The summed E-state index contributed by atoms with van der Waals surface area (Å²) in [5.41, 5.74) is 2.07. The quantitative estimate of drug-likeness (QED) is 0.766. The van der Waals surface area contributed by atoms with E-state index in [0.29, 0.717) is 13.0 Å². The van der Waals surface area contributed by atoms with Gasteiger partial charge in [0.15, 0.2) is 0 Å². The zero-order valence-electron chi connectivity index (χ0n) is 13.5. The minimum absolute atomic E-state index is 0.138. The van der Waals surface area contributed by atoms with Crippen LogP contribution in [0.1, 0.15) is 18.9 Å². The standard InChI is InChI=1S/C16H23N3O3S/c1-3-9-17-16(20)12-19(23(2,21)22)10-8-13-11-18-15-7-5-4-6-14(13)15/h4-7,11,18H,3,8-10,12H2,1-2H3,(H,17,20). The van der Waals surface area contributed by atoms with Gasteiger partial charge < -0.3 is 10.3 Å². The van der Waals surface area contributed by atoms with Crippen LogP contribution in [0.15, 0.2) is 30.5 Å². The molecular formula is C16H23N3O3S. The van der Waals surface area contributed by atoms with Crippen LogP contribution in [0.2, 0.25) is 0 Å². The molecule has 0 bridgehead atoms. The molecular weight excluding hydrogens is 314 g/mol. The van der Waals surface area contributed by atoms with Crippen LogP contribution in [0, 0.1) is 0 Å². The summed E-state index contributed by atoms with van der Waals surface area (Å²) in [6, 6.07) is 7.88. The van der Waals surface area contributed by atoms with Gasteiger partial charge in [-0.1, -0.05) is 25.1 Å². The molecule has 0 aliphatic rings. The lowest BCUT2D eigenvalue weighted by molar-refractivity contribution is -0.121. The van der Waals surface area contributed by atoms with Gasteiger partial charge in [0, 0.05) is 30.2 Å². The molecule has 1 aromatic carbocycles. The predicted octanol–water partition coefficient (Wildman–Crippen LogP) is 1.50. The van der Waals surface area contributed by atoms with Gasteiger partial charge in [0.1, 0.15) is 0 Å². The molecule has 0 aliphatic carbocycles. The van der Waals surface area contributed by atoms with Crippen molar-refractivity contribution in [1.29, 1.82) is 0 Å². The number of carbonyl (C=O) groups is 1. The summed E-state index contributed by atoms with van der Waals surface area (Å²) in [4.78, 5) is 15.0. The van der Waals surface area contributed by atoms with Gasteiger partial charge in [-0.2, -0.15) is 4.31 Å². The van der Waals surface area contributed by atoms with E-state index in [4.69, 9.17) is 0 Å². The third-order valence-electron chi connectivity index (χ3n) is 3.67. The number of fused-ring (bicyclic) bond motifs is 1. The van der Waals surface area contributed by atoms with Gasteiger partial charge in [0.2, 0.25) is 15.9 Å². The number of nitrogens with one attached hydrogen (secondary N) is 2. The molecule has 0 saturated heterocycles. The fourth-order valence-corrected chi connectivity index (χ4v) is 3.20. The monoisotopic (exact) mass is 337 g/mol. The average Bonchev–Trinajstić information content (AvgIpc) is 2.91. The molecule has 2 N–H and O–H groups in total. The second-order valence-corrected chi connectivity index (χ2v) is 7.54.